The molecule has 3 atom stereocenters. The van der Waals surface area contributed by atoms with Crippen LogP contribution in [0.15, 0.2) is 48.5 Å². The summed E-state index contributed by atoms with van der Waals surface area (Å²) in [5.74, 6) is -0.778. The molecule has 7 nitrogen and oxygen atoms in total. The van der Waals surface area contributed by atoms with Crippen molar-refractivity contribution in [3.8, 4) is 11.1 Å². The zero-order valence-electron chi connectivity index (χ0n) is 19.6. The first-order valence-electron chi connectivity index (χ1n) is 12.7. The van der Waals surface area contributed by atoms with Gasteiger partial charge in [0.05, 0.1) is 0 Å². The Morgan fingerprint density at radius 3 is 2.29 bits per heavy atom. The summed E-state index contributed by atoms with van der Waals surface area (Å²) in [6.07, 6.45) is 3.54. The minimum absolute atomic E-state index is 0.00596. The van der Waals surface area contributed by atoms with Gasteiger partial charge in [0.2, 0.25) is 5.91 Å². The number of benzene rings is 2. The maximum absolute atomic E-state index is 13.1. The molecule has 182 valence electrons. The summed E-state index contributed by atoms with van der Waals surface area (Å²) < 4.78 is 5.62. The number of amides is 2. The average Bonchev–Trinajstić information content (AvgIpc) is 3.51. The summed E-state index contributed by atoms with van der Waals surface area (Å²) in [5, 5.41) is 12.6. The third-order valence-electron chi connectivity index (χ3n) is 8.58. The molecule has 0 bridgehead atoms. The third-order valence-corrected chi connectivity index (χ3v) is 8.58. The Hall–Kier alpha value is -3.35. The lowest BCUT2D eigenvalue weighted by Crippen LogP contribution is -2.53. The van der Waals surface area contributed by atoms with Crippen molar-refractivity contribution in [2.45, 2.75) is 50.1 Å². The SMILES string of the molecule is O=C(NC1CC(C(=O)N2CC3CCCC3C2C(=O)O)C1)OCC1c2ccccc2-c2ccccc21. The number of carboxylic acids is 1. The number of hydrogen-bond acceptors (Lipinski definition) is 4. The standard InChI is InChI=1S/C28H30N2O5/c31-26(30-14-16-6-5-11-19(16)25(30)27(32)33)17-12-18(13-17)29-28(34)35-15-24-22-9-3-1-7-20(22)21-8-2-4-10-23(21)24/h1-4,7-10,16-19,24-25H,5-6,11-15H2,(H,29,34)(H,32,33). The molecule has 7 heteroatoms. The van der Waals surface area contributed by atoms with E-state index in [4.69, 9.17) is 4.74 Å². The highest BCUT2D eigenvalue weighted by Crippen LogP contribution is 2.45. The Balaban J connectivity index is 1.02. The lowest BCUT2D eigenvalue weighted by molar-refractivity contribution is -0.152. The predicted molar refractivity (Wildman–Crippen MR) is 129 cm³/mol. The molecule has 0 spiro atoms. The number of likely N-dealkylation sites (tertiary alicyclic amines) is 1. The van der Waals surface area contributed by atoms with E-state index in [-0.39, 0.29) is 36.3 Å². The second-order valence-corrected chi connectivity index (χ2v) is 10.5. The monoisotopic (exact) mass is 474 g/mol. The Labute approximate surface area is 204 Å². The summed E-state index contributed by atoms with van der Waals surface area (Å²) >= 11 is 0. The molecular weight excluding hydrogens is 444 g/mol. The maximum atomic E-state index is 13.1. The molecule has 2 N–H and O–H groups in total. The van der Waals surface area contributed by atoms with Crippen LogP contribution in [0.1, 0.15) is 49.1 Å². The summed E-state index contributed by atoms with van der Waals surface area (Å²) in [7, 11) is 0. The lowest BCUT2D eigenvalue weighted by atomic mass is 9.79. The number of fused-ring (bicyclic) bond motifs is 4. The van der Waals surface area contributed by atoms with Crippen LogP contribution in [0.2, 0.25) is 0 Å². The van der Waals surface area contributed by atoms with E-state index in [0.29, 0.717) is 25.3 Å². The molecule has 2 aromatic rings. The molecule has 3 unspecified atom stereocenters. The number of carbonyl (C=O) groups is 3. The largest absolute Gasteiger partial charge is 0.480 e. The highest BCUT2D eigenvalue weighted by Gasteiger charge is 2.51. The van der Waals surface area contributed by atoms with Gasteiger partial charge in [-0.1, -0.05) is 55.0 Å². The van der Waals surface area contributed by atoms with Crippen molar-refractivity contribution in [3.05, 3.63) is 59.7 Å². The van der Waals surface area contributed by atoms with Crippen LogP contribution in [0.5, 0.6) is 0 Å². The second-order valence-electron chi connectivity index (χ2n) is 10.5. The van der Waals surface area contributed by atoms with E-state index in [2.05, 4.69) is 29.6 Å². The van der Waals surface area contributed by atoms with Crippen molar-refractivity contribution in [2.24, 2.45) is 17.8 Å². The quantitative estimate of drug-likeness (QED) is 0.683. The molecule has 0 aromatic heterocycles. The van der Waals surface area contributed by atoms with E-state index in [1.807, 2.05) is 24.3 Å². The first-order valence-corrected chi connectivity index (χ1v) is 12.7. The van der Waals surface area contributed by atoms with Gasteiger partial charge in [-0.05, 0) is 59.8 Å². The summed E-state index contributed by atoms with van der Waals surface area (Å²) in [5.41, 5.74) is 4.70. The van der Waals surface area contributed by atoms with Crippen molar-refractivity contribution in [1.82, 2.24) is 10.2 Å². The molecule has 3 aliphatic carbocycles. The lowest BCUT2D eigenvalue weighted by Gasteiger charge is -2.38. The van der Waals surface area contributed by atoms with Crippen molar-refractivity contribution in [1.29, 1.82) is 0 Å². The van der Waals surface area contributed by atoms with Gasteiger partial charge in [0.25, 0.3) is 0 Å². The van der Waals surface area contributed by atoms with Gasteiger partial charge in [-0.15, -0.1) is 0 Å². The molecule has 1 saturated heterocycles. The minimum Gasteiger partial charge on any atom is -0.480 e. The fraction of sp³-hybridized carbons (Fsp3) is 0.464. The number of aliphatic carboxylic acids is 1. The van der Waals surface area contributed by atoms with Crippen LogP contribution >= 0.6 is 0 Å². The van der Waals surface area contributed by atoms with Crippen LogP contribution in [-0.4, -0.2) is 53.2 Å². The smallest absolute Gasteiger partial charge is 0.407 e. The van der Waals surface area contributed by atoms with E-state index in [9.17, 15) is 19.5 Å². The fourth-order valence-electron chi connectivity index (χ4n) is 6.83. The van der Waals surface area contributed by atoms with Gasteiger partial charge in [0, 0.05) is 24.4 Å². The van der Waals surface area contributed by atoms with Crippen LogP contribution in [0, 0.1) is 17.8 Å². The van der Waals surface area contributed by atoms with Crippen molar-refractivity contribution < 1.29 is 24.2 Å². The number of carboxylic acid groups (broad SMARTS) is 1. The number of rotatable bonds is 5. The van der Waals surface area contributed by atoms with Gasteiger partial charge >= 0.3 is 12.1 Å². The highest BCUT2D eigenvalue weighted by atomic mass is 16.5. The van der Waals surface area contributed by atoms with E-state index >= 15 is 0 Å². The van der Waals surface area contributed by atoms with Crippen LogP contribution in [0.25, 0.3) is 11.1 Å². The Kier molecular flexibility index (Phi) is 5.50. The normalized spacial score (nSPS) is 28.6. The first kappa shape index (κ1) is 22.1. The van der Waals surface area contributed by atoms with E-state index in [1.165, 1.54) is 22.3 Å². The minimum atomic E-state index is -0.889. The first-order chi connectivity index (χ1) is 17.0. The Morgan fingerprint density at radius 1 is 0.971 bits per heavy atom. The molecular formula is C28H30N2O5. The van der Waals surface area contributed by atoms with Crippen LogP contribution < -0.4 is 5.32 Å². The predicted octanol–water partition coefficient (Wildman–Crippen LogP) is 4.02. The summed E-state index contributed by atoms with van der Waals surface area (Å²) in [6, 6.07) is 15.6. The zero-order valence-corrected chi connectivity index (χ0v) is 19.6. The zero-order chi connectivity index (χ0) is 24.1. The molecule has 3 fully saturated rings. The number of nitrogens with zero attached hydrogens (tertiary/aromatic N) is 1. The molecule has 2 amide bonds. The van der Waals surface area contributed by atoms with Crippen molar-refractivity contribution in [2.75, 3.05) is 13.2 Å². The molecule has 4 aliphatic rings. The van der Waals surface area contributed by atoms with Gasteiger partial charge in [0.1, 0.15) is 12.6 Å². The summed E-state index contributed by atoms with van der Waals surface area (Å²) in [4.78, 5) is 39.1. The van der Waals surface area contributed by atoms with Crippen LogP contribution in [0.4, 0.5) is 4.79 Å². The topological polar surface area (TPSA) is 95.9 Å². The average molecular weight is 475 g/mol. The van der Waals surface area contributed by atoms with Gasteiger partial charge in [-0.2, -0.15) is 0 Å². The highest BCUT2D eigenvalue weighted by molar-refractivity contribution is 5.87. The molecule has 1 heterocycles. The number of hydrogen-bond donors (Lipinski definition) is 2. The van der Waals surface area contributed by atoms with Crippen molar-refractivity contribution >= 4 is 18.0 Å². The van der Waals surface area contributed by atoms with Gasteiger partial charge in [-0.25, -0.2) is 9.59 Å². The summed E-state index contributed by atoms with van der Waals surface area (Å²) in [6.45, 7) is 0.813. The Bertz CT molecular complexity index is 1130. The number of carbonyl (C=O) groups excluding carboxylic acids is 2. The third kappa shape index (κ3) is 3.77. The Morgan fingerprint density at radius 2 is 1.63 bits per heavy atom. The number of ether oxygens (including phenoxy) is 1. The number of nitrogens with one attached hydrogen (secondary N) is 1. The van der Waals surface area contributed by atoms with E-state index < -0.39 is 18.1 Å². The second kappa shape index (κ2) is 8.70. The van der Waals surface area contributed by atoms with Gasteiger partial charge in [-0.3, -0.25) is 4.79 Å². The van der Waals surface area contributed by atoms with Gasteiger partial charge < -0.3 is 20.1 Å². The van der Waals surface area contributed by atoms with Crippen molar-refractivity contribution in [3.63, 3.8) is 0 Å². The maximum Gasteiger partial charge on any atom is 0.407 e. The molecule has 6 rings (SSSR count). The van der Waals surface area contributed by atoms with E-state index in [1.54, 1.807) is 4.90 Å². The van der Waals surface area contributed by atoms with E-state index in [0.717, 1.165) is 19.3 Å². The van der Waals surface area contributed by atoms with Gasteiger partial charge in [0.15, 0.2) is 0 Å². The molecule has 2 saturated carbocycles. The molecule has 2 aromatic carbocycles. The molecule has 35 heavy (non-hydrogen) atoms. The molecule has 1 aliphatic heterocycles. The molecule has 0 radical (unpaired) electrons. The van der Waals surface area contributed by atoms with Crippen LogP contribution in [-0.2, 0) is 14.3 Å². The fourth-order valence-corrected chi connectivity index (χ4v) is 6.83. The van der Waals surface area contributed by atoms with Crippen LogP contribution in [0.3, 0.4) is 0 Å². The number of alkyl carbamates (subject to hydrolysis) is 1.